The summed E-state index contributed by atoms with van der Waals surface area (Å²) in [5.41, 5.74) is 7.29. The van der Waals surface area contributed by atoms with Crippen molar-refractivity contribution in [2.24, 2.45) is 0 Å². The predicted molar refractivity (Wildman–Crippen MR) is 64.3 cm³/mol. The van der Waals surface area contributed by atoms with Gasteiger partial charge in [0.05, 0.1) is 18.8 Å². The molecule has 0 aliphatic heterocycles. The Kier molecular flexibility index (Phi) is 3.53. The number of anilines is 1. The monoisotopic (exact) mass is 254 g/mol. The van der Waals surface area contributed by atoms with Crippen molar-refractivity contribution in [1.82, 2.24) is 14.8 Å². The zero-order chi connectivity index (χ0) is 13.3. The summed E-state index contributed by atoms with van der Waals surface area (Å²) in [6.45, 7) is 2.28. The number of carbonyl (C=O) groups is 1. The number of rotatable bonds is 4. The van der Waals surface area contributed by atoms with Crippen molar-refractivity contribution >= 4 is 11.9 Å². The maximum absolute atomic E-state index is 11.8. The number of hydrogen-bond donors (Lipinski definition) is 2. The molecule has 0 atom stereocenters. The van der Waals surface area contributed by atoms with Gasteiger partial charge < -0.3 is 15.7 Å². The SMILES string of the molecule is CCOC(=O)n1nc(N)c(CN(C)O)c1C1CC1. The summed E-state index contributed by atoms with van der Waals surface area (Å²) in [4.78, 5) is 11.8. The van der Waals surface area contributed by atoms with Crippen LogP contribution in [0.25, 0.3) is 0 Å². The molecule has 18 heavy (non-hydrogen) atoms. The molecule has 1 fully saturated rings. The number of ether oxygens (including phenoxy) is 1. The fourth-order valence-corrected chi connectivity index (χ4v) is 1.97. The van der Waals surface area contributed by atoms with Crippen LogP contribution in [0, 0.1) is 0 Å². The lowest BCUT2D eigenvalue weighted by atomic mass is 10.1. The highest BCUT2D eigenvalue weighted by Gasteiger charge is 2.34. The van der Waals surface area contributed by atoms with E-state index in [9.17, 15) is 10.0 Å². The van der Waals surface area contributed by atoms with E-state index in [0.717, 1.165) is 23.6 Å². The summed E-state index contributed by atoms with van der Waals surface area (Å²) in [6, 6.07) is 0. The van der Waals surface area contributed by atoms with Crippen LogP contribution in [0.3, 0.4) is 0 Å². The number of hydroxylamine groups is 2. The fraction of sp³-hybridized carbons (Fsp3) is 0.636. The first-order valence-corrected chi connectivity index (χ1v) is 5.99. The standard InChI is InChI=1S/C11H18N4O3/c1-3-18-11(16)15-9(7-4-5-7)8(6-14(2)17)10(12)13-15/h7,17H,3-6H2,1-2H3,(H2,12,13). The average Bonchev–Trinajstić information content (AvgIpc) is 3.06. The second-order valence-corrected chi connectivity index (χ2v) is 4.45. The first kappa shape index (κ1) is 12.8. The Balaban J connectivity index is 2.37. The molecule has 0 aromatic carbocycles. The highest BCUT2D eigenvalue weighted by atomic mass is 16.6. The van der Waals surface area contributed by atoms with E-state index in [2.05, 4.69) is 5.10 Å². The van der Waals surface area contributed by atoms with Gasteiger partial charge in [-0.25, -0.2) is 4.79 Å². The molecule has 2 rings (SSSR count). The van der Waals surface area contributed by atoms with Crippen LogP contribution < -0.4 is 5.73 Å². The Morgan fingerprint density at radius 3 is 2.83 bits per heavy atom. The van der Waals surface area contributed by atoms with Crippen molar-refractivity contribution in [3.8, 4) is 0 Å². The second-order valence-electron chi connectivity index (χ2n) is 4.45. The predicted octanol–water partition coefficient (Wildman–Crippen LogP) is 1.17. The Hall–Kier alpha value is -1.60. The third kappa shape index (κ3) is 2.46. The van der Waals surface area contributed by atoms with Gasteiger partial charge in [0.2, 0.25) is 0 Å². The number of hydrogen-bond acceptors (Lipinski definition) is 6. The van der Waals surface area contributed by atoms with Crippen molar-refractivity contribution < 1.29 is 14.7 Å². The van der Waals surface area contributed by atoms with Gasteiger partial charge in [0.25, 0.3) is 0 Å². The maximum atomic E-state index is 11.8. The molecule has 1 aromatic heterocycles. The zero-order valence-corrected chi connectivity index (χ0v) is 10.6. The van der Waals surface area contributed by atoms with Crippen LogP contribution in [-0.2, 0) is 11.3 Å². The Bertz CT molecular complexity index is 451. The molecule has 7 nitrogen and oxygen atoms in total. The van der Waals surface area contributed by atoms with E-state index in [-0.39, 0.29) is 24.9 Å². The van der Waals surface area contributed by atoms with E-state index in [1.54, 1.807) is 6.92 Å². The molecular formula is C11H18N4O3. The average molecular weight is 254 g/mol. The molecule has 1 aromatic rings. The lowest BCUT2D eigenvalue weighted by Gasteiger charge is -2.10. The van der Waals surface area contributed by atoms with E-state index in [1.165, 1.54) is 11.7 Å². The summed E-state index contributed by atoms with van der Waals surface area (Å²) < 4.78 is 6.18. The van der Waals surface area contributed by atoms with Gasteiger partial charge >= 0.3 is 6.09 Å². The molecule has 0 saturated heterocycles. The summed E-state index contributed by atoms with van der Waals surface area (Å²) in [5.74, 6) is 0.556. The van der Waals surface area contributed by atoms with E-state index >= 15 is 0 Å². The first-order chi connectivity index (χ1) is 8.54. The summed E-state index contributed by atoms with van der Waals surface area (Å²) in [6.07, 6.45) is 1.50. The third-order valence-electron chi connectivity index (χ3n) is 2.85. The van der Waals surface area contributed by atoms with Crippen molar-refractivity contribution in [2.45, 2.75) is 32.2 Å². The number of carbonyl (C=O) groups excluding carboxylic acids is 1. The molecule has 1 heterocycles. The molecule has 3 N–H and O–H groups in total. The van der Waals surface area contributed by atoms with E-state index in [1.807, 2.05) is 0 Å². The van der Waals surface area contributed by atoms with Crippen LogP contribution in [0.5, 0.6) is 0 Å². The van der Waals surface area contributed by atoms with Crippen LogP contribution in [-0.4, -0.2) is 39.8 Å². The molecule has 0 radical (unpaired) electrons. The second kappa shape index (κ2) is 4.95. The molecular weight excluding hydrogens is 236 g/mol. The quantitative estimate of drug-likeness (QED) is 0.783. The molecule has 0 unspecified atom stereocenters. The molecule has 1 aliphatic rings. The summed E-state index contributed by atoms with van der Waals surface area (Å²) >= 11 is 0. The van der Waals surface area contributed by atoms with Gasteiger partial charge in [-0.15, -0.1) is 5.10 Å². The zero-order valence-electron chi connectivity index (χ0n) is 10.6. The van der Waals surface area contributed by atoms with Crippen LogP contribution in [0.1, 0.15) is 36.9 Å². The normalized spacial score (nSPS) is 15.1. The van der Waals surface area contributed by atoms with Crippen LogP contribution in [0.2, 0.25) is 0 Å². The van der Waals surface area contributed by atoms with Crippen molar-refractivity contribution in [3.05, 3.63) is 11.3 Å². The highest BCUT2D eigenvalue weighted by molar-refractivity contribution is 5.72. The van der Waals surface area contributed by atoms with Gasteiger partial charge in [0.15, 0.2) is 5.82 Å². The fourth-order valence-electron chi connectivity index (χ4n) is 1.97. The number of aromatic nitrogens is 2. The summed E-state index contributed by atoms with van der Waals surface area (Å²) in [5, 5.41) is 14.4. The minimum absolute atomic E-state index is 0.247. The van der Waals surface area contributed by atoms with Gasteiger partial charge in [-0.05, 0) is 19.8 Å². The number of nitrogens with zero attached hydrogens (tertiary/aromatic N) is 3. The van der Waals surface area contributed by atoms with Crippen molar-refractivity contribution in [3.63, 3.8) is 0 Å². The smallest absolute Gasteiger partial charge is 0.434 e. The molecule has 0 bridgehead atoms. The highest BCUT2D eigenvalue weighted by Crippen LogP contribution is 2.43. The number of nitrogen functional groups attached to an aromatic ring is 1. The van der Waals surface area contributed by atoms with Gasteiger partial charge in [-0.3, -0.25) is 0 Å². The van der Waals surface area contributed by atoms with Gasteiger partial charge in [-0.1, -0.05) is 0 Å². The van der Waals surface area contributed by atoms with Crippen LogP contribution >= 0.6 is 0 Å². The lowest BCUT2D eigenvalue weighted by molar-refractivity contribution is -0.0732. The maximum Gasteiger partial charge on any atom is 0.434 e. The van der Waals surface area contributed by atoms with Crippen molar-refractivity contribution in [2.75, 3.05) is 19.4 Å². The van der Waals surface area contributed by atoms with Crippen LogP contribution in [0.15, 0.2) is 0 Å². The largest absolute Gasteiger partial charge is 0.448 e. The topological polar surface area (TPSA) is 93.6 Å². The molecule has 1 aliphatic carbocycles. The van der Waals surface area contributed by atoms with Gasteiger partial charge in [0, 0.05) is 18.5 Å². The van der Waals surface area contributed by atoms with Crippen molar-refractivity contribution in [1.29, 1.82) is 0 Å². The molecule has 0 amide bonds. The van der Waals surface area contributed by atoms with Crippen LogP contribution in [0.4, 0.5) is 10.6 Å². The van der Waals surface area contributed by atoms with Gasteiger partial charge in [-0.2, -0.15) is 9.75 Å². The van der Waals surface area contributed by atoms with E-state index in [4.69, 9.17) is 10.5 Å². The Labute approximate surface area is 105 Å². The first-order valence-electron chi connectivity index (χ1n) is 5.99. The third-order valence-corrected chi connectivity index (χ3v) is 2.85. The molecule has 7 heteroatoms. The number of nitrogens with two attached hydrogens (primary N) is 1. The lowest BCUT2D eigenvalue weighted by Crippen LogP contribution is -2.19. The molecule has 100 valence electrons. The van der Waals surface area contributed by atoms with E-state index in [0.29, 0.717) is 5.56 Å². The summed E-state index contributed by atoms with van der Waals surface area (Å²) in [7, 11) is 1.53. The van der Waals surface area contributed by atoms with Gasteiger partial charge in [0.1, 0.15) is 0 Å². The minimum atomic E-state index is -0.516. The molecule has 0 spiro atoms. The minimum Gasteiger partial charge on any atom is -0.448 e. The molecule has 1 saturated carbocycles. The Morgan fingerprint density at radius 1 is 1.67 bits per heavy atom. The van der Waals surface area contributed by atoms with E-state index < -0.39 is 6.09 Å². The Morgan fingerprint density at radius 2 is 2.33 bits per heavy atom.